The normalized spacial score (nSPS) is 12.8. The van der Waals surface area contributed by atoms with E-state index in [0.29, 0.717) is 6.42 Å². The van der Waals surface area contributed by atoms with E-state index in [0.717, 1.165) is 40.0 Å². The smallest absolute Gasteiger partial charge is 0.228 e. The van der Waals surface area contributed by atoms with E-state index in [1.165, 1.54) is 5.56 Å². The van der Waals surface area contributed by atoms with Gasteiger partial charge < -0.3 is 9.88 Å². The maximum atomic E-state index is 12.2. The number of hydrogen-bond acceptors (Lipinski definition) is 3. The molecule has 0 spiro atoms. The molecule has 126 valence electrons. The molecule has 1 aliphatic heterocycles. The molecule has 1 N–H and O–H groups in total. The average molecular weight is 349 g/mol. The van der Waals surface area contributed by atoms with Crippen molar-refractivity contribution >= 4 is 23.4 Å². The SMILES string of the molecule is Cc1ccc(CC(=O)Nc2ccc(-c3cn4c(n3)SCC4)cc2)cc1. The first-order valence-corrected chi connectivity index (χ1v) is 9.32. The Balaban J connectivity index is 1.41. The highest BCUT2D eigenvalue weighted by atomic mass is 32.2. The molecule has 0 atom stereocenters. The molecule has 0 aliphatic carbocycles. The van der Waals surface area contributed by atoms with E-state index in [4.69, 9.17) is 0 Å². The average Bonchev–Trinajstić information content (AvgIpc) is 3.19. The summed E-state index contributed by atoms with van der Waals surface area (Å²) in [6.45, 7) is 3.07. The Morgan fingerprint density at radius 2 is 1.92 bits per heavy atom. The number of carbonyl (C=O) groups excluding carboxylic acids is 1. The van der Waals surface area contributed by atoms with Gasteiger partial charge in [-0.25, -0.2) is 4.98 Å². The number of nitrogens with zero attached hydrogens (tertiary/aromatic N) is 2. The number of nitrogens with one attached hydrogen (secondary N) is 1. The van der Waals surface area contributed by atoms with Gasteiger partial charge in [-0.15, -0.1) is 0 Å². The third kappa shape index (κ3) is 3.61. The predicted octanol–water partition coefficient (Wildman–Crippen LogP) is 4.15. The van der Waals surface area contributed by atoms with Crippen LogP contribution in [0.25, 0.3) is 11.3 Å². The molecular weight excluding hydrogens is 330 g/mol. The van der Waals surface area contributed by atoms with E-state index < -0.39 is 0 Å². The molecule has 2 aromatic carbocycles. The number of benzene rings is 2. The van der Waals surface area contributed by atoms with E-state index in [-0.39, 0.29) is 5.91 Å². The van der Waals surface area contributed by atoms with Crippen molar-refractivity contribution in [2.75, 3.05) is 11.1 Å². The Morgan fingerprint density at radius 3 is 2.64 bits per heavy atom. The van der Waals surface area contributed by atoms with Crippen LogP contribution in [0, 0.1) is 6.92 Å². The second kappa shape index (κ2) is 6.76. The quantitative estimate of drug-likeness (QED) is 0.770. The summed E-state index contributed by atoms with van der Waals surface area (Å²) in [5.74, 6) is 1.10. The summed E-state index contributed by atoms with van der Waals surface area (Å²) in [5, 5.41) is 4.04. The van der Waals surface area contributed by atoms with E-state index in [9.17, 15) is 4.79 Å². The number of thioether (sulfide) groups is 1. The van der Waals surface area contributed by atoms with Gasteiger partial charge >= 0.3 is 0 Å². The largest absolute Gasteiger partial charge is 0.326 e. The number of rotatable bonds is 4. The molecule has 4 rings (SSSR count). The number of hydrogen-bond donors (Lipinski definition) is 1. The van der Waals surface area contributed by atoms with Crippen molar-refractivity contribution in [1.29, 1.82) is 0 Å². The fourth-order valence-corrected chi connectivity index (χ4v) is 3.81. The fourth-order valence-electron chi connectivity index (χ4n) is 2.87. The minimum absolute atomic E-state index is 0.00558. The van der Waals surface area contributed by atoms with Crippen molar-refractivity contribution in [3.05, 3.63) is 65.9 Å². The standard InChI is InChI=1S/C20H19N3OS/c1-14-2-4-15(5-3-14)12-19(24)21-17-8-6-16(7-9-17)18-13-23-10-11-25-20(23)22-18/h2-9,13H,10-12H2,1H3,(H,21,24). The summed E-state index contributed by atoms with van der Waals surface area (Å²) in [5.41, 5.74) is 5.08. The first-order chi connectivity index (χ1) is 12.2. The van der Waals surface area contributed by atoms with Crippen LogP contribution in [-0.2, 0) is 17.8 Å². The minimum atomic E-state index is -0.00558. The van der Waals surface area contributed by atoms with Crippen molar-refractivity contribution in [2.45, 2.75) is 25.0 Å². The summed E-state index contributed by atoms with van der Waals surface area (Å²) in [4.78, 5) is 16.8. The topological polar surface area (TPSA) is 46.9 Å². The maximum absolute atomic E-state index is 12.2. The number of amides is 1. The summed E-state index contributed by atoms with van der Waals surface area (Å²) in [7, 11) is 0. The molecule has 4 nitrogen and oxygen atoms in total. The van der Waals surface area contributed by atoms with Crippen LogP contribution in [0.4, 0.5) is 5.69 Å². The van der Waals surface area contributed by atoms with Gasteiger partial charge in [-0.05, 0) is 24.6 Å². The molecule has 1 amide bonds. The van der Waals surface area contributed by atoms with Crippen molar-refractivity contribution in [3.63, 3.8) is 0 Å². The number of aromatic nitrogens is 2. The molecule has 25 heavy (non-hydrogen) atoms. The molecule has 2 heterocycles. The Kier molecular flexibility index (Phi) is 4.32. The van der Waals surface area contributed by atoms with E-state index in [1.54, 1.807) is 11.8 Å². The third-order valence-electron chi connectivity index (χ3n) is 4.25. The number of anilines is 1. The lowest BCUT2D eigenvalue weighted by Crippen LogP contribution is -2.14. The fraction of sp³-hybridized carbons (Fsp3) is 0.200. The summed E-state index contributed by atoms with van der Waals surface area (Å²) in [6.07, 6.45) is 2.48. The molecule has 3 aromatic rings. The van der Waals surface area contributed by atoms with Crippen LogP contribution in [0.15, 0.2) is 59.9 Å². The Morgan fingerprint density at radius 1 is 1.16 bits per heavy atom. The number of carbonyl (C=O) groups is 1. The molecule has 0 saturated heterocycles. The van der Waals surface area contributed by atoms with Gasteiger partial charge in [0.05, 0.1) is 12.1 Å². The third-order valence-corrected chi connectivity index (χ3v) is 5.22. The van der Waals surface area contributed by atoms with Gasteiger partial charge in [0.2, 0.25) is 5.91 Å². The summed E-state index contributed by atoms with van der Waals surface area (Å²) >= 11 is 1.79. The molecule has 0 fully saturated rings. The van der Waals surface area contributed by atoms with Crippen LogP contribution in [0.3, 0.4) is 0 Å². The lowest BCUT2D eigenvalue weighted by atomic mass is 10.1. The monoisotopic (exact) mass is 349 g/mol. The Bertz CT molecular complexity index is 876. The first-order valence-electron chi connectivity index (χ1n) is 8.33. The highest BCUT2D eigenvalue weighted by Gasteiger charge is 2.15. The van der Waals surface area contributed by atoms with Gasteiger partial charge in [0.25, 0.3) is 0 Å². The summed E-state index contributed by atoms with van der Waals surface area (Å²) in [6, 6.07) is 15.9. The molecule has 0 unspecified atom stereocenters. The van der Waals surface area contributed by atoms with Crippen LogP contribution >= 0.6 is 11.8 Å². The van der Waals surface area contributed by atoms with Crippen LogP contribution in [-0.4, -0.2) is 21.2 Å². The number of fused-ring (bicyclic) bond motifs is 1. The van der Waals surface area contributed by atoms with Gasteiger partial charge in [0, 0.05) is 29.7 Å². The van der Waals surface area contributed by atoms with Gasteiger partial charge in [0.15, 0.2) is 5.16 Å². The molecule has 0 radical (unpaired) electrons. The summed E-state index contributed by atoms with van der Waals surface area (Å²) < 4.78 is 2.19. The maximum Gasteiger partial charge on any atom is 0.228 e. The van der Waals surface area contributed by atoms with Crippen molar-refractivity contribution in [1.82, 2.24) is 9.55 Å². The molecule has 0 bridgehead atoms. The van der Waals surface area contributed by atoms with Gasteiger partial charge in [-0.1, -0.05) is 53.7 Å². The Hall–Kier alpha value is -2.53. The number of imidazole rings is 1. The predicted molar refractivity (Wildman–Crippen MR) is 102 cm³/mol. The zero-order valence-corrected chi connectivity index (χ0v) is 14.8. The van der Waals surface area contributed by atoms with Gasteiger partial charge in [-0.3, -0.25) is 4.79 Å². The molecule has 5 heteroatoms. The van der Waals surface area contributed by atoms with Crippen molar-refractivity contribution in [2.24, 2.45) is 0 Å². The molecule has 1 aliphatic rings. The second-order valence-corrected chi connectivity index (χ2v) is 7.30. The zero-order chi connectivity index (χ0) is 17.2. The van der Waals surface area contributed by atoms with Gasteiger partial charge in [-0.2, -0.15) is 0 Å². The minimum Gasteiger partial charge on any atom is -0.326 e. The van der Waals surface area contributed by atoms with E-state index in [1.807, 2.05) is 55.5 Å². The Labute approximate surface area is 151 Å². The van der Waals surface area contributed by atoms with Crippen LogP contribution in [0.2, 0.25) is 0 Å². The first kappa shape index (κ1) is 16.0. The van der Waals surface area contributed by atoms with Crippen molar-refractivity contribution in [3.8, 4) is 11.3 Å². The van der Waals surface area contributed by atoms with Crippen LogP contribution in [0.1, 0.15) is 11.1 Å². The lowest BCUT2D eigenvalue weighted by molar-refractivity contribution is -0.115. The second-order valence-electron chi connectivity index (χ2n) is 6.24. The van der Waals surface area contributed by atoms with E-state index >= 15 is 0 Å². The highest BCUT2D eigenvalue weighted by Crippen LogP contribution is 2.29. The molecule has 0 saturated carbocycles. The molecular formula is C20H19N3OS. The van der Waals surface area contributed by atoms with Crippen molar-refractivity contribution < 1.29 is 4.79 Å². The molecule has 1 aromatic heterocycles. The zero-order valence-electron chi connectivity index (χ0n) is 14.0. The van der Waals surface area contributed by atoms with Gasteiger partial charge in [0.1, 0.15) is 0 Å². The highest BCUT2D eigenvalue weighted by molar-refractivity contribution is 7.99. The van der Waals surface area contributed by atoms with Crippen LogP contribution in [0.5, 0.6) is 0 Å². The lowest BCUT2D eigenvalue weighted by Gasteiger charge is -2.06. The van der Waals surface area contributed by atoms with Crippen LogP contribution < -0.4 is 5.32 Å². The number of aryl methyl sites for hydroxylation is 2. The van der Waals surface area contributed by atoms with E-state index in [2.05, 4.69) is 21.1 Å².